The van der Waals surface area contributed by atoms with E-state index in [0.717, 1.165) is 0 Å². The number of hydrogen-bond donors (Lipinski definition) is 3. The Morgan fingerprint density at radius 1 is 1.33 bits per heavy atom. The summed E-state index contributed by atoms with van der Waals surface area (Å²) in [6.07, 6.45) is -0.0515. The van der Waals surface area contributed by atoms with Crippen LogP contribution in [0.5, 0.6) is 0 Å². The van der Waals surface area contributed by atoms with Crippen molar-refractivity contribution in [2.24, 2.45) is 0 Å². The third-order valence-corrected chi connectivity index (χ3v) is 2.16. The summed E-state index contributed by atoms with van der Waals surface area (Å²) in [7, 11) is 3.03. The summed E-state index contributed by atoms with van der Waals surface area (Å²) in [5.74, 6) is -2.67. The van der Waals surface area contributed by atoms with Gasteiger partial charge in [-0.2, -0.15) is 0 Å². The van der Waals surface area contributed by atoms with Gasteiger partial charge in [-0.3, -0.25) is 4.79 Å². The van der Waals surface area contributed by atoms with Crippen molar-refractivity contribution in [2.45, 2.75) is 18.9 Å². The van der Waals surface area contributed by atoms with Crippen LogP contribution in [0.15, 0.2) is 0 Å². The molecule has 0 saturated heterocycles. The van der Waals surface area contributed by atoms with Crippen LogP contribution in [0.3, 0.4) is 0 Å². The summed E-state index contributed by atoms with van der Waals surface area (Å²) in [6.45, 7) is 0.869. The molecule has 0 rings (SSSR count). The zero-order valence-corrected chi connectivity index (χ0v) is 10.4. The summed E-state index contributed by atoms with van der Waals surface area (Å²) in [6, 6.07) is -2.06. The Morgan fingerprint density at radius 3 is 2.39 bits per heavy atom. The lowest BCUT2D eigenvalue weighted by Crippen LogP contribution is -2.47. The Morgan fingerprint density at radius 2 is 1.94 bits per heavy atom. The van der Waals surface area contributed by atoms with Gasteiger partial charge in [0.25, 0.3) is 0 Å². The van der Waals surface area contributed by atoms with Crippen LogP contribution in [-0.2, 0) is 14.3 Å². The molecule has 0 heterocycles. The average molecular weight is 262 g/mol. The second-order valence-electron chi connectivity index (χ2n) is 3.71. The van der Waals surface area contributed by atoms with Crippen molar-refractivity contribution < 1.29 is 29.3 Å². The van der Waals surface area contributed by atoms with Crippen LogP contribution in [0, 0.1) is 0 Å². The highest BCUT2D eigenvalue weighted by Crippen LogP contribution is 1.96. The monoisotopic (exact) mass is 262 g/mol. The van der Waals surface area contributed by atoms with Gasteiger partial charge in [0.05, 0.1) is 6.42 Å². The minimum Gasteiger partial charge on any atom is -0.481 e. The lowest BCUT2D eigenvalue weighted by atomic mass is 10.2. The first-order valence-corrected chi connectivity index (χ1v) is 5.33. The highest BCUT2D eigenvalue weighted by atomic mass is 16.5. The molecule has 0 aromatic carbocycles. The van der Waals surface area contributed by atoms with Gasteiger partial charge in [-0.1, -0.05) is 0 Å². The molecule has 0 aromatic rings. The van der Waals surface area contributed by atoms with Crippen LogP contribution < -0.4 is 5.32 Å². The molecule has 0 bridgehead atoms. The number of rotatable bonds is 8. The molecule has 0 unspecified atom stereocenters. The normalized spacial score (nSPS) is 11.7. The van der Waals surface area contributed by atoms with Gasteiger partial charge in [0.1, 0.15) is 6.04 Å². The molecule has 0 fully saturated rings. The van der Waals surface area contributed by atoms with Crippen LogP contribution >= 0.6 is 0 Å². The van der Waals surface area contributed by atoms with E-state index in [2.05, 4.69) is 5.32 Å². The van der Waals surface area contributed by atoms with Gasteiger partial charge >= 0.3 is 18.0 Å². The van der Waals surface area contributed by atoms with Crippen LogP contribution in [0.4, 0.5) is 4.79 Å². The van der Waals surface area contributed by atoms with Crippen molar-refractivity contribution in [3.8, 4) is 0 Å². The molecule has 3 N–H and O–H groups in total. The number of carboxylic acid groups (broad SMARTS) is 2. The maximum absolute atomic E-state index is 11.6. The molecule has 0 spiro atoms. The second-order valence-corrected chi connectivity index (χ2v) is 3.71. The molecule has 8 heteroatoms. The molecular weight excluding hydrogens is 244 g/mol. The van der Waals surface area contributed by atoms with Gasteiger partial charge in [-0.15, -0.1) is 0 Å². The molecule has 8 nitrogen and oxygen atoms in total. The second kappa shape index (κ2) is 8.29. The number of carbonyl (C=O) groups excluding carboxylic acids is 1. The number of amides is 2. The largest absolute Gasteiger partial charge is 0.481 e. The Labute approximate surface area is 105 Å². The maximum atomic E-state index is 11.6. The number of carboxylic acids is 2. The summed E-state index contributed by atoms with van der Waals surface area (Å²) in [5, 5.41) is 19.4. The van der Waals surface area contributed by atoms with E-state index in [1.807, 2.05) is 0 Å². The van der Waals surface area contributed by atoms with Crippen molar-refractivity contribution in [2.75, 3.05) is 27.3 Å². The van der Waals surface area contributed by atoms with Crippen LogP contribution in [-0.4, -0.2) is 66.4 Å². The van der Waals surface area contributed by atoms with Crippen LogP contribution in [0.2, 0.25) is 0 Å². The number of nitrogens with one attached hydrogen (secondary N) is 1. The Balaban J connectivity index is 4.23. The SMILES string of the molecule is COCCCN(C)C(=O)N[C@@H](CC(=O)O)C(=O)O. The molecular formula is C10H18N2O6. The molecule has 18 heavy (non-hydrogen) atoms. The van der Waals surface area contributed by atoms with Crippen molar-refractivity contribution >= 4 is 18.0 Å². The van der Waals surface area contributed by atoms with Crippen LogP contribution in [0.1, 0.15) is 12.8 Å². The summed E-state index contributed by atoms with van der Waals surface area (Å²) in [5.41, 5.74) is 0. The van der Waals surface area contributed by atoms with E-state index < -0.39 is 30.4 Å². The van der Waals surface area contributed by atoms with E-state index >= 15 is 0 Å². The topological polar surface area (TPSA) is 116 Å². The fourth-order valence-electron chi connectivity index (χ4n) is 1.18. The number of ether oxygens (including phenoxy) is 1. The zero-order chi connectivity index (χ0) is 14.1. The highest BCUT2D eigenvalue weighted by molar-refractivity contribution is 5.86. The van der Waals surface area contributed by atoms with Gasteiger partial charge in [-0.05, 0) is 6.42 Å². The van der Waals surface area contributed by atoms with E-state index in [4.69, 9.17) is 14.9 Å². The van der Waals surface area contributed by atoms with Gasteiger partial charge in [0, 0.05) is 27.3 Å². The standard InChI is InChI=1S/C10H18N2O6/c1-12(4-3-5-18-2)10(17)11-7(9(15)16)6-8(13)14/h7H,3-6H2,1-2H3,(H,11,17)(H,13,14)(H,15,16)/t7-/m0/s1. The third kappa shape index (κ3) is 6.69. The Bertz CT molecular complexity index is 307. The molecule has 0 aliphatic heterocycles. The van der Waals surface area contributed by atoms with E-state index in [1.54, 1.807) is 0 Å². The molecule has 104 valence electrons. The zero-order valence-electron chi connectivity index (χ0n) is 10.4. The van der Waals surface area contributed by atoms with E-state index in [9.17, 15) is 14.4 Å². The minimum absolute atomic E-state index is 0.388. The number of hydrogen-bond acceptors (Lipinski definition) is 4. The molecule has 0 aromatic heterocycles. The van der Waals surface area contributed by atoms with Crippen molar-refractivity contribution in [3.05, 3.63) is 0 Å². The van der Waals surface area contributed by atoms with Gasteiger partial charge in [0.15, 0.2) is 0 Å². The number of carbonyl (C=O) groups is 3. The predicted molar refractivity (Wildman–Crippen MR) is 61.3 cm³/mol. The quantitative estimate of drug-likeness (QED) is 0.512. The van der Waals surface area contributed by atoms with Crippen LogP contribution in [0.25, 0.3) is 0 Å². The predicted octanol–water partition coefficient (Wildman–Crippen LogP) is -0.408. The molecule has 2 amide bonds. The van der Waals surface area contributed by atoms with Crippen molar-refractivity contribution in [1.29, 1.82) is 0 Å². The van der Waals surface area contributed by atoms with E-state index in [-0.39, 0.29) is 0 Å². The first-order valence-electron chi connectivity index (χ1n) is 5.33. The Hall–Kier alpha value is -1.83. The first kappa shape index (κ1) is 16.2. The summed E-state index contributed by atoms with van der Waals surface area (Å²) < 4.78 is 4.81. The maximum Gasteiger partial charge on any atom is 0.326 e. The first-order chi connectivity index (χ1) is 8.38. The molecule has 0 aliphatic rings. The van der Waals surface area contributed by atoms with Crippen molar-refractivity contribution in [3.63, 3.8) is 0 Å². The minimum atomic E-state index is -1.43. The number of aliphatic carboxylic acids is 2. The summed E-state index contributed by atoms with van der Waals surface area (Å²) >= 11 is 0. The average Bonchev–Trinajstić information content (AvgIpc) is 2.27. The van der Waals surface area contributed by atoms with Gasteiger partial charge in [-0.25, -0.2) is 9.59 Å². The van der Waals surface area contributed by atoms with Crippen molar-refractivity contribution in [1.82, 2.24) is 10.2 Å². The fourth-order valence-corrected chi connectivity index (χ4v) is 1.18. The van der Waals surface area contributed by atoms with Gasteiger partial charge < -0.3 is 25.2 Å². The molecule has 0 aliphatic carbocycles. The lowest BCUT2D eigenvalue weighted by molar-refractivity contribution is -0.145. The third-order valence-electron chi connectivity index (χ3n) is 2.16. The number of urea groups is 1. The van der Waals surface area contributed by atoms with E-state index in [0.29, 0.717) is 19.6 Å². The molecule has 0 radical (unpaired) electrons. The molecule has 1 atom stereocenters. The lowest BCUT2D eigenvalue weighted by Gasteiger charge is -2.20. The number of nitrogens with zero attached hydrogens (tertiary/aromatic N) is 1. The van der Waals surface area contributed by atoms with E-state index in [1.165, 1.54) is 19.1 Å². The summed E-state index contributed by atoms with van der Waals surface area (Å²) in [4.78, 5) is 34.0. The highest BCUT2D eigenvalue weighted by Gasteiger charge is 2.24. The smallest absolute Gasteiger partial charge is 0.326 e. The number of methoxy groups -OCH3 is 1. The molecule has 0 saturated carbocycles. The van der Waals surface area contributed by atoms with Gasteiger partial charge in [0.2, 0.25) is 0 Å². The Kier molecular flexibility index (Phi) is 7.45. The fraction of sp³-hybridized carbons (Fsp3) is 0.700.